The molecule has 0 aromatic heterocycles. The maximum Gasteiger partial charge on any atom is 0.161 e. The van der Waals surface area contributed by atoms with Crippen LogP contribution in [-0.4, -0.2) is 17.0 Å². The van der Waals surface area contributed by atoms with Crippen LogP contribution in [0.5, 0.6) is 0 Å². The standard InChI is InChI=1S/C11H14N2S/c1-8-4-3-5-10(6-8)13-11-12-9(2)7-14-11/h3-6,9H,7H2,1-2H3,(H,12,13)/t9-/m1/s1. The topological polar surface area (TPSA) is 24.4 Å². The molecule has 0 bridgehead atoms. The first-order valence-electron chi connectivity index (χ1n) is 4.78. The van der Waals surface area contributed by atoms with E-state index >= 15 is 0 Å². The number of nitrogens with zero attached hydrogens (tertiary/aromatic N) is 1. The van der Waals surface area contributed by atoms with Crippen molar-refractivity contribution in [2.24, 2.45) is 4.99 Å². The highest BCUT2D eigenvalue weighted by molar-refractivity contribution is 8.14. The van der Waals surface area contributed by atoms with Crippen molar-refractivity contribution in [1.82, 2.24) is 0 Å². The summed E-state index contributed by atoms with van der Waals surface area (Å²) in [5.41, 5.74) is 2.40. The Bertz CT molecular complexity index is 360. The second kappa shape index (κ2) is 4.05. The number of nitrogens with one attached hydrogen (secondary N) is 1. The molecule has 1 N–H and O–H groups in total. The molecule has 0 aliphatic carbocycles. The summed E-state index contributed by atoms with van der Waals surface area (Å²) in [6.45, 7) is 4.23. The molecule has 2 rings (SSSR count). The molecule has 2 nitrogen and oxygen atoms in total. The molecule has 3 heteroatoms. The zero-order chi connectivity index (χ0) is 9.97. The Morgan fingerprint density at radius 2 is 2.36 bits per heavy atom. The first-order valence-corrected chi connectivity index (χ1v) is 5.77. The van der Waals surface area contributed by atoms with Crippen LogP contribution in [0.2, 0.25) is 0 Å². The van der Waals surface area contributed by atoms with Crippen molar-refractivity contribution in [2.75, 3.05) is 11.1 Å². The van der Waals surface area contributed by atoms with Crippen LogP contribution in [-0.2, 0) is 0 Å². The summed E-state index contributed by atoms with van der Waals surface area (Å²) >= 11 is 1.79. The van der Waals surface area contributed by atoms with Gasteiger partial charge < -0.3 is 5.32 Å². The third-order valence-electron chi connectivity index (χ3n) is 2.07. The second-order valence-corrected chi connectivity index (χ2v) is 4.60. The zero-order valence-electron chi connectivity index (χ0n) is 8.45. The van der Waals surface area contributed by atoms with Gasteiger partial charge in [0.1, 0.15) is 0 Å². The molecule has 1 aliphatic rings. The van der Waals surface area contributed by atoms with Crippen LogP contribution < -0.4 is 5.32 Å². The van der Waals surface area contributed by atoms with Crippen LogP contribution in [0.15, 0.2) is 29.3 Å². The lowest BCUT2D eigenvalue weighted by atomic mass is 10.2. The predicted molar refractivity (Wildman–Crippen MR) is 64.2 cm³/mol. The quantitative estimate of drug-likeness (QED) is 0.764. The average molecular weight is 206 g/mol. The highest BCUT2D eigenvalue weighted by Crippen LogP contribution is 2.20. The van der Waals surface area contributed by atoms with Crippen LogP contribution >= 0.6 is 11.8 Å². The van der Waals surface area contributed by atoms with Gasteiger partial charge in [0.15, 0.2) is 5.17 Å². The van der Waals surface area contributed by atoms with Crippen LogP contribution in [0.3, 0.4) is 0 Å². The van der Waals surface area contributed by atoms with Gasteiger partial charge in [-0.15, -0.1) is 0 Å². The number of thioether (sulfide) groups is 1. The third kappa shape index (κ3) is 2.29. The lowest BCUT2D eigenvalue weighted by Crippen LogP contribution is -2.04. The molecular weight excluding hydrogens is 192 g/mol. The third-order valence-corrected chi connectivity index (χ3v) is 3.20. The summed E-state index contributed by atoms with van der Waals surface area (Å²) in [5, 5.41) is 4.37. The molecule has 14 heavy (non-hydrogen) atoms. The molecule has 1 heterocycles. The van der Waals surface area contributed by atoms with E-state index in [0.29, 0.717) is 6.04 Å². The van der Waals surface area contributed by atoms with E-state index in [4.69, 9.17) is 0 Å². The maximum absolute atomic E-state index is 4.48. The Morgan fingerprint density at radius 3 is 3.00 bits per heavy atom. The minimum absolute atomic E-state index is 0.451. The number of aryl methyl sites for hydroxylation is 1. The van der Waals surface area contributed by atoms with Crippen LogP contribution in [0.25, 0.3) is 0 Å². The predicted octanol–water partition coefficient (Wildman–Crippen LogP) is 2.90. The van der Waals surface area contributed by atoms with Crippen molar-refractivity contribution >= 4 is 22.6 Å². The van der Waals surface area contributed by atoms with Gasteiger partial charge in [0, 0.05) is 11.4 Å². The molecule has 0 spiro atoms. The van der Waals surface area contributed by atoms with Crippen molar-refractivity contribution in [3.8, 4) is 0 Å². The van der Waals surface area contributed by atoms with E-state index in [1.807, 2.05) is 0 Å². The largest absolute Gasteiger partial charge is 0.335 e. The van der Waals surface area contributed by atoms with Gasteiger partial charge in [0.25, 0.3) is 0 Å². The molecule has 1 aliphatic heterocycles. The molecule has 74 valence electrons. The van der Waals surface area contributed by atoms with Gasteiger partial charge >= 0.3 is 0 Å². The summed E-state index contributed by atoms with van der Waals surface area (Å²) < 4.78 is 0. The Kier molecular flexibility index (Phi) is 2.77. The van der Waals surface area contributed by atoms with E-state index in [1.54, 1.807) is 11.8 Å². The molecule has 0 saturated carbocycles. The fourth-order valence-corrected chi connectivity index (χ4v) is 2.31. The van der Waals surface area contributed by atoms with Gasteiger partial charge in [-0.05, 0) is 31.5 Å². The van der Waals surface area contributed by atoms with Gasteiger partial charge in [-0.2, -0.15) is 0 Å². The van der Waals surface area contributed by atoms with Crippen molar-refractivity contribution in [2.45, 2.75) is 19.9 Å². The number of rotatable bonds is 1. The molecule has 0 saturated heterocycles. The van der Waals surface area contributed by atoms with E-state index in [-0.39, 0.29) is 0 Å². The lowest BCUT2D eigenvalue weighted by Gasteiger charge is -2.04. The Balaban J connectivity index is 2.08. The zero-order valence-corrected chi connectivity index (χ0v) is 9.27. The minimum Gasteiger partial charge on any atom is -0.335 e. The molecule has 0 fully saturated rings. The normalized spacial score (nSPS) is 20.7. The summed E-state index contributed by atoms with van der Waals surface area (Å²) in [6.07, 6.45) is 0. The lowest BCUT2D eigenvalue weighted by molar-refractivity contribution is 0.865. The monoisotopic (exact) mass is 206 g/mol. The highest BCUT2D eigenvalue weighted by atomic mass is 32.2. The molecule has 0 unspecified atom stereocenters. The minimum atomic E-state index is 0.451. The van der Waals surface area contributed by atoms with E-state index in [9.17, 15) is 0 Å². The SMILES string of the molecule is Cc1cccc(NC2=N[C@H](C)CS2)c1. The number of anilines is 1. The van der Waals surface area contributed by atoms with Gasteiger partial charge in [-0.3, -0.25) is 4.99 Å². The van der Waals surface area contributed by atoms with Gasteiger partial charge in [-0.25, -0.2) is 0 Å². The number of amidine groups is 1. The molecule has 0 radical (unpaired) electrons. The van der Waals surface area contributed by atoms with E-state index in [2.05, 4.69) is 48.4 Å². The average Bonchev–Trinajstić information content (AvgIpc) is 2.51. The first kappa shape index (κ1) is 9.59. The van der Waals surface area contributed by atoms with Gasteiger partial charge in [0.2, 0.25) is 0 Å². The fraction of sp³-hybridized carbons (Fsp3) is 0.364. The van der Waals surface area contributed by atoms with E-state index < -0.39 is 0 Å². The Morgan fingerprint density at radius 1 is 1.50 bits per heavy atom. The number of aliphatic imine (C=N–C) groups is 1. The van der Waals surface area contributed by atoms with Gasteiger partial charge in [-0.1, -0.05) is 23.9 Å². The van der Waals surface area contributed by atoms with Crippen molar-refractivity contribution in [3.63, 3.8) is 0 Å². The van der Waals surface area contributed by atoms with Crippen molar-refractivity contribution < 1.29 is 0 Å². The Hall–Kier alpha value is -0.960. The first-order chi connectivity index (χ1) is 6.74. The maximum atomic E-state index is 4.48. The smallest absolute Gasteiger partial charge is 0.161 e. The van der Waals surface area contributed by atoms with Crippen LogP contribution in [0.4, 0.5) is 5.69 Å². The van der Waals surface area contributed by atoms with E-state index in [1.165, 1.54) is 5.56 Å². The van der Waals surface area contributed by atoms with Crippen molar-refractivity contribution in [1.29, 1.82) is 0 Å². The molecular formula is C11H14N2S. The van der Waals surface area contributed by atoms with E-state index in [0.717, 1.165) is 16.6 Å². The number of benzene rings is 1. The number of hydrogen-bond acceptors (Lipinski definition) is 3. The second-order valence-electron chi connectivity index (χ2n) is 3.59. The highest BCUT2D eigenvalue weighted by Gasteiger charge is 2.13. The molecule has 1 aromatic carbocycles. The van der Waals surface area contributed by atoms with Crippen LogP contribution in [0, 0.1) is 6.92 Å². The molecule has 1 aromatic rings. The van der Waals surface area contributed by atoms with Gasteiger partial charge in [0.05, 0.1) is 6.04 Å². The fourth-order valence-electron chi connectivity index (χ4n) is 1.39. The Labute approximate surface area is 88.8 Å². The van der Waals surface area contributed by atoms with Crippen LogP contribution in [0.1, 0.15) is 12.5 Å². The molecule has 1 atom stereocenters. The number of hydrogen-bond donors (Lipinski definition) is 1. The summed E-state index contributed by atoms with van der Waals surface area (Å²) in [5.74, 6) is 1.09. The molecule has 0 amide bonds. The van der Waals surface area contributed by atoms with Crippen molar-refractivity contribution in [3.05, 3.63) is 29.8 Å². The summed E-state index contributed by atoms with van der Waals surface area (Å²) in [7, 11) is 0. The summed E-state index contributed by atoms with van der Waals surface area (Å²) in [6, 6.07) is 8.80. The summed E-state index contributed by atoms with van der Waals surface area (Å²) in [4.78, 5) is 4.48.